The standard InChI is InChI=1S/C3H5ClO2S2/c4-1-3(7,8)2(5)6/h7-8H,1H2,(H,5,6). The predicted octanol–water partition coefficient (Wildman–Crippen LogP) is 0.866. The first-order valence-electron chi connectivity index (χ1n) is 1.75. The van der Waals surface area contributed by atoms with Gasteiger partial charge in [-0.3, -0.25) is 0 Å². The van der Waals surface area contributed by atoms with Gasteiger partial charge in [0.05, 0.1) is 5.88 Å². The number of aliphatic carboxylic acids is 1. The van der Waals surface area contributed by atoms with Crippen LogP contribution in [0.5, 0.6) is 0 Å². The molecule has 0 fully saturated rings. The zero-order chi connectivity index (χ0) is 6.78. The van der Waals surface area contributed by atoms with Gasteiger partial charge in [-0.15, -0.1) is 36.9 Å². The Bertz CT molecular complexity index is 103. The van der Waals surface area contributed by atoms with E-state index in [0.29, 0.717) is 0 Å². The molecular weight excluding hydrogens is 168 g/mol. The number of carboxylic acids is 1. The van der Waals surface area contributed by atoms with Crippen LogP contribution in [0.2, 0.25) is 0 Å². The highest BCUT2D eigenvalue weighted by atomic mass is 35.5. The van der Waals surface area contributed by atoms with E-state index in [2.05, 4.69) is 25.3 Å². The van der Waals surface area contributed by atoms with Crippen LogP contribution in [0.1, 0.15) is 0 Å². The Balaban J connectivity index is 3.91. The number of alkyl halides is 1. The van der Waals surface area contributed by atoms with Crippen molar-refractivity contribution >= 4 is 42.8 Å². The molecule has 0 aliphatic heterocycles. The van der Waals surface area contributed by atoms with Gasteiger partial charge < -0.3 is 5.11 Å². The first-order valence-corrected chi connectivity index (χ1v) is 3.17. The van der Waals surface area contributed by atoms with E-state index in [0.717, 1.165) is 0 Å². The van der Waals surface area contributed by atoms with Crippen molar-refractivity contribution in [1.29, 1.82) is 0 Å². The van der Waals surface area contributed by atoms with Gasteiger partial charge in [0.1, 0.15) is 0 Å². The number of carbonyl (C=O) groups is 1. The van der Waals surface area contributed by atoms with Crippen molar-refractivity contribution < 1.29 is 9.90 Å². The van der Waals surface area contributed by atoms with Gasteiger partial charge in [-0.25, -0.2) is 4.79 Å². The number of thiol groups is 2. The third kappa shape index (κ3) is 2.15. The molecule has 0 aromatic heterocycles. The van der Waals surface area contributed by atoms with Crippen molar-refractivity contribution in [2.45, 2.75) is 4.08 Å². The third-order valence-corrected chi connectivity index (χ3v) is 2.00. The molecule has 0 aromatic carbocycles. The molecule has 0 aliphatic carbocycles. The first kappa shape index (κ1) is 8.46. The summed E-state index contributed by atoms with van der Waals surface area (Å²) in [4.78, 5) is 10.0. The van der Waals surface area contributed by atoms with Crippen LogP contribution < -0.4 is 0 Å². The van der Waals surface area contributed by atoms with Gasteiger partial charge in [0, 0.05) is 0 Å². The Hall–Kier alpha value is 0.460. The van der Waals surface area contributed by atoms with Crippen molar-refractivity contribution in [2.24, 2.45) is 0 Å². The minimum atomic E-state index is -1.39. The molecule has 0 unspecified atom stereocenters. The minimum absolute atomic E-state index is 0.117. The average molecular weight is 173 g/mol. The fourth-order valence-corrected chi connectivity index (χ4v) is 0.171. The lowest BCUT2D eigenvalue weighted by molar-refractivity contribution is -0.136. The summed E-state index contributed by atoms with van der Waals surface area (Å²) in [5, 5.41) is 8.20. The molecule has 0 aromatic rings. The Morgan fingerprint density at radius 1 is 1.75 bits per heavy atom. The largest absolute Gasteiger partial charge is 0.480 e. The zero-order valence-corrected chi connectivity index (χ0v) is 6.38. The van der Waals surface area contributed by atoms with Gasteiger partial charge >= 0.3 is 5.97 Å². The van der Waals surface area contributed by atoms with Crippen LogP contribution in [0.4, 0.5) is 0 Å². The molecule has 0 rings (SSSR count). The summed E-state index contributed by atoms with van der Waals surface area (Å²) >= 11 is 12.4. The van der Waals surface area contributed by atoms with E-state index in [-0.39, 0.29) is 5.88 Å². The normalized spacial score (nSPS) is 11.4. The molecule has 0 spiro atoms. The van der Waals surface area contributed by atoms with E-state index in [9.17, 15) is 4.79 Å². The van der Waals surface area contributed by atoms with E-state index in [4.69, 9.17) is 16.7 Å². The van der Waals surface area contributed by atoms with Gasteiger partial charge in [0.2, 0.25) is 0 Å². The lowest BCUT2D eigenvalue weighted by Crippen LogP contribution is -2.27. The molecule has 8 heavy (non-hydrogen) atoms. The topological polar surface area (TPSA) is 37.3 Å². The molecule has 0 heterocycles. The number of rotatable bonds is 2. The summed E-state index contributed by atoms with van der Waals surface area (Å²) in [6.45, 7) is 0. The molecule has 0 radical (unpaired) electrons. The summed E-state index contributed by atoms with van der Waals surface area (Å²) in [6.07, 6.45) is 0. The fourth-order valence-electron chi connectivity index (χ4n) is 0.0572. The highest BCUT2D eigenvalue weighted by Gasteiger charge is 2.28. The summed E-state index contributed by atoms with van der Waals surface area (Å²) < 4.78 is -1.39. The quantitative estimate of drug-likeness (QED) is 0.329. The smallest absolute Gasteiger partial charge is 0.330 e. The van der Waals surface area contributed by atoms with Crippen LogP contribution in [0.25, 0.3) is 0 Å². The highest BCUT2D eigenvalue weighted by molar-refractivity contribution is 8.02. The third-order valence-electron chi connectivity index (χ3n) is 0.529. The molecule has 0 amide bonds. The minimum Gasteiger partial charge on any atom is -0.480 e. The Labute approximate surface area is 63.0 Å². The van der Waals surface area contributed by atoms with Crippen molar-refractivity contribution in [3.63, 3.8) is 0 Å². The summed E-state index contributed by atoms with van der Waals surface area (Å²) in [5.74, 6) is -1.24. The Kier molecular flexibility index (Phi) is 3.01. The van der Waals surface area contributed by atoms with Crippen LogP contribution in [0, 0.1) is 0 Å². The van der Waals surface area contributed by atoms with Crippen LogP contribution in [-0.2, 0) is 4.79 Å². The summed E-state index contributed by atoms with van der Waals surface area (Å²) in [7, 11) is 0. The molecule has 0 saturated heterocycles. The van der Waals surface area contributed by atoms with Crippen molar-refractivity contribution in [3.8, 4) is 0 Å². The first-order chi connectivity index (χ1) is 3.50. The van der Waals surface area contributed by atoms with Crippen molar-refractivity contribution in [1.82, 2.24) is 0 Å². The van der Waals surface area contributed by atoms with Crippen LogP contribution in [0.3, 0.4) is 0 Å². The molecule has 0 atom stereocenters. The SMILES string of the molecule is O=C(O)C(S)(S)CCl. The van der Waals surface area contributed by atoms with E-state index >= 15 is 0 Å². The fraction of sp³-hybridized carbons (Fsp3) is 0.667. The molecule has 2 nitrogen and oxygen atoms in total. The van der Waals surface area contributed by atoms with Gasteiger partial charge in [0.25, 0.3) is 0 Å². The number of carboxylic acid groups (broad SMARTS) is 1. The maximum absolute atomic E-state index is 10.0. The van der Waals surface area contributed by atoms with E-state index in [1.165, 1.54) is 0 Å². The summed E-state index contributed by atoms with van der Waals surface area (Å²) in [6, 6.07) is 0. The predicted molar refractivity (Wildman–Crippen MR) is 39.1 cm³/mol. The second-order valence-corrected chi connectivity index (χ2v) is 3.40. The van der Waals surface area contributed by atoms with E-state index < -0.39 is 10.0 Å². The van der Waals surface area contributed by atoms with E-state index in [1.54, 1.807) is 0 Å². The Morgan fingerprint density at radius 3 is 2.12 bits per heavy atom. The molecule has 0 saturated carbocycles. The van der Waals surface area contributed by atoms with Crippen molar-refractivity contribution in [3.05, 3.63) is 0 Å². The molecule has 1 N–H and O–H groups in total. The van der Waals surface area contributed by atoms with Gasteiger partial charge in [-0.05, 0) is 0 Å². The lowest BCUT2D eigenvalue weighted by Gasteiger charge is -2.10. The maximum atomic E-state index is 10.0. The molecule has 0 bridgehead atoms. The second-order valence-electron chi connectivity index (χ2n) is 1.26. The monoisotopic (exact) mass is 172 g/mol. The molecule has 5 heteroatoms. The lowest BCUT2D eigenvalue weighted by atomic mass is 10.5. The van der Waals surface area contributed by atoms with Crippen LogP contribution >= 0.6 is 36.9 Å². The van der Waals surface area contributed by atoms with Crippen LogP contribution in [-0.4, -0.2) is 21.0 Å². The van der Waals surface area contributed by atoms with Gasteiger partial charge in [-0.1, -0.05) is 0 Å². The highest BCUT2D eigenvalue weighted by Crippen LogP contribution is 2.20. The number of hydrogen-bond acceptors (Lipinski definition) is 3. The van der Waals surface area contributed by atoms with E-state index in [1.807, 2.05) is 0 Å². The van der Waals surface area contributed by atoms with Gasteiger partial charge in [-0.2, -0.15) is 0 Å². The molecule has 0 aliphatic rings. The number of hydrogen-bond donors (Lipinski definition) is 3. The molecule has 48 valence electrons. The Morgan fingerprint density at radius 2 is 2.12 bits per heavy atom. The zero-order valence-electron chi connectivity index (χ0n) is 3.83. The van der Waals surface area contributed by atoms with Crippen molar-refractivity contribution in [2.75, 3.05) is 5.88 Å². The average Bonchev–Trinajstić information content (AvgIpc) is 1.67. The van der Waals surface area contributed by atoms with Crippen LogP contribution in [0.15, 0.2) is 0 Å². The van der Waals surface area contributed by atoms with Gasteiger partial charge in [0.15, 0.2) is 4.08 Å². The number of halogens is 1. The second kappa shape index (κ2) is 2.85. The maximum Gasteiger partial charge on any atom is 0.330 e. The summed E-state index contributed by atoms with van der Waals surface area (Å²) in [5.41, 5.74) is 0. The molecular formula is C3H5ClO2S2.